The van der Waals surface area contributed by atoms with Crippen LogP contribution in [0.5, 0.6) is 5.75 Å². The van der Waals surface area contributed by atoms with Crippen LogP contribution in [0.1, 0.15) is 12.0 Å². The molecule has 11 heteroatoms. The van der Waals surface area contributed by atoms with Crippen LogP contribution in [0.2, 0.25) is 5.02 Å². The van der Waals surface area contributed by atoms with E-state index in [1.165, 1.54) is 18.5 Å². The molecule has 2 N–H and O–H groups in total. The number of allylic oxidation sites excluding steroid dienone is 1. The molecule has 2 fully saturated rings. The second-order valence-electron chi connectivity index (χ2n) is 9.50. The van der Waals surface area contributed by atoms with E-state index in [1.807, 2.05) is 12.1 Å². The Bertz CT molecular complexity index is 1350. The number of ether oxygens (including phenoxy) is 3. The summed E-state index contributed by atoms with van der Waals surface area (Å²) >= 11 is 5.95. The van der Waals surface area contributed by atoms with Crippen LogP contribution in [0.4, 0.5) is 15.9 Å². The predicted octanol–water partition coefficient (Wildman–Crippen LogP) is 3.69. The Morgan fingerprint density at radius 2 is 2.18 bits per heavy atom. The number of aliphatic hydroxyl groups excluding tert-OH is 1. The number of hydrogen-bond donors (Lipinski definition) is 2. The highest BCUT2D eigenvalue weighted by Crippen LogP contribution is 2.31. The lowest BCUT2D eigenvalue weighted by atomic mass is 10.0. The van der Waals surface area contributed by atoms with Crippen LogP contribution in [0.3, 0.4) is 0 Å². The zero-order chi connectivity index (χ0) is 27.2. The van der Waals surface area contributed by atoms with Crippen molar-refractivity contribution in [1.82, 2.24) is 14.9 Å². The predicted molar refractivity (Wildman–Crippen MR) is 145 cm³/mol. The fraction of sp³-hybridized carbons (Fsp3) is 0.393. The molecule has 0 aliphatic carbocycles. The third kappa shape index (κ3) is 6.90. The maximum atomic E-state index is 13.6. The number of benzene rings is 2. The molecule has 2 aliphatic rings. The summed E-state index contributed by atoms with van der Waals surface area (Å²) in [6.07, 6.45) is 5.67. The van der Waals surface area contributed by atoms with Crippen molar-refractivity contribution < 1.29 is 28.5 Å². The number of likely N-dealkylation sites (tertiary alicyclic amines) is 1. The Morgan fingerprint density at radius 3 is 2.92 bits per heavy atom. The Kier molecular flexibility index (Phi) is 9.00. The Morgan fingerprint density at radius 1 is 1.28 bits per heavy atom. The molecule has 2 saturated heterocycles. The molecule has 1 aromatic heterocycles. The summed E-state index contributed by atoms with van der Waals surface area (Å²) in [4.78, 5) is 23.8. The molecule has 0 amide bonds. The third-order valence-electron chi connectivity index (χ3n) is 6.79. The molecule has 3 aromatic rings. The van der Waals surface area contributed by atoms with Gasteiger partial charge in [-0.1, -0.05) is 17.7 Å². The molecule has 39 heavy (non-hydrogen) atoms. The summed E-state index contributed by atoms with van der Waals surface area (Å²) in [5.41, 5.74) is 1.83. The summed E-state index contributed by atoms with van der Waals surface area (Å²) in [5.74, 6) is 0.402. The maximum Gasteiger partial charge on any atom is 0.159 e. The van der Waals surface area contributed by atoms with Crippen molar-refractivity contribution in [3.8, 4) is 5.75 Å². The van der Waals surface area contributed by atoms with Gasteiger partial charge < -0.3 is 24.6 Å². The Hall–Kier alpha value is -3.15. The first-order valence-electron chi connectivity index (χ1n) is 12.9. The van der Waals surface area contributed by atoms with E-state index in [9.17, 15) is 14.3 Å². The Balaban J connectivity index is 1.39. The van der Waals surface area contributed by atoms with E-state index in [2.05, 4.69) is 20.2 Å². The number of ketones is 1. The van der Waals surface area contributed by atoms with Crippen LogP contribution in [0.25, 0.3) is 10.9 Å². The molecule has 3 heterocycles. The largest absolute Gasteiger partial charge is 0.490 e. The molecule has 9 nitrogen and oxygen atoms in total. The van der Waals surface area contributed by atoms with Crippen molar-refractivity contribution >= 4 is 39.8 Å². The van der Waals surface area contributed by atoms with Crippen molar-refractivity contribution in [3.05, 3.63) is 65.2 Å². The lowest BCUT2D eigenvalue weighted by Crippen LogP contribution is -2.49. The first-order valence-corrected chi connectivity index (χ1v) is 13.2. The molecule has 2 aromatic carbocycles. The average Bonchev–Trinajstić information content (AvgIpc) is 2.92. The zero-order valence-corrected chi connectivity index (χ0v) is 22.1. The molecule has 0 radical (unpaired) electrons. The second-order valence-corrected chi connectivity index (χ2v) is 9.90. The van der Waals surface area contributed by atoms with Gasteiger partial charge in [-0.15, -0.1) is 0 Å². The highest BCUT2D eigenvalue weighted by Gasteiger charge is 2.25. The number of hydrogen-bond acceptors (Lipinski definition) is 9. The number of halogens is 2. The van der Waals surface area contributed by atoms with Crippen molar-refractivity contribution in [2.24, 2.45) is 0 Å². The van der Waals surface area contributed by atoms with Crippen LogP contribution >= 0.6 is 11.6 Å². The van der Waals surface area contributed by atoms with Gasteiger partial charge in [0.1, 0.15) is 36.4 Å². The molecule has 5 rings (SSSR count). The number of nitrogens with zero attached hydrogens (tertiary/aromatic N) is 3. The zero-order valence-electron chi connectivity index (χ0n) is 21.3. The minimum absolute atomic E-state index is 0.00966. The minimum atomic E-state index is -0.515. The van der Waals surface area contributed by atoms with Crippen LogP contribution in [-0.4, -0.2) is 84.0 Å². The number of carbonyl (C=O) groups is 1. The van der Waals surface area contributed by atoms with Gasteiger partial charge in [-0.05, 0) is 36.8 Å². The number of anilines is 2. The molecule has 2 aliphatic heterocycles. The number of rotatable bonds is 11. The van der Waals surface area contributed by atoms with Gasteiger partial charge in [0.05, 0.1) is 37.0 Å². The van der Waals surface area contributed by atoms with Gasteiger partial charge in [0.25, 0.3) is 0 Å². The molecule has 0 spiro atoms. The number of fused-ring (bicyclic) bond motifs is 1. The number of aliphatic hydroxyl groups is 1. The lowest BCUT2D eigenvalue weighted by molar-refractivity contribution is -0.114. The van der Waals surface area contributed by atoms with E-state index in [1.54, 1.807) is 18.2 Å². The maximum absolute atomic E-state index is 13.6. The smallest absolute Gasteiger partial charge is 0.159 e. The van der Waals surface area contributed by atoms with Gasteiger partial charge in [-0.3, -0.25) is 9.69 Å². The van der Waals surface area contributed by atoms with Gasteiger partial charge in [-0.2, -0.15) is 0 Å². The molecule has 0 bridgehead atoms. The standard InChI is InChI=1S/C28H30ClFN4O5/c29-24-12-19(3-4-25(24)30)33-28-23-11-18(10-21(36)2-1-6-34-7-5-20(34)14-35)27(13-26(23)31-17-32-28)39-16-22-15-37-8-9-38-22/h1-4,11-13,17,20,22,35H,5-10,14-16H2,(H,31,32,33)/b2-1+/t20?,22-/m1/s1. The summed E-state index contributed by atoms with van der Waals surface area (Å²) < 4.78 is 30.9. The van der Waals surface area contributed by atoms with Crippen molar-refractivity contribution in [2.75, 3.05) is 51.4 Å². The van der Waals surface area contributed by atoms with E-state index in [-0.39, 0.29) is 42.6 Å². The molecule has 206 valence electrons. The fourth-order valence-corrected chi connectivity index (χ4v) is 4.72. The lowest BCUT2D eigenvalue weighted by Gasteiger charge is -2.39. The number of aromatic nitrogens is 2. The van der Waals surface area contributed by atoms with Gasteiger partial charge >= 0.3 is 0 Å². The van der Waals surface area contributed by atoms with E-state index in [4.69, 9.17) is 25.8 Å². The second kappa shape index (κ2) is 12.8. The minimum Gasteiger partial charge on any atom is -0.490 e. The quantitative estimate of drug-likeness (QED) is 0.342. The van der Waals surface area contributed by atoms with Crippen molar-refractivity contribution in [1.29, 1.82) is 0 Å². The van der Waals surface area contributed by atoms with Gasteiger partial charge in [0.15, 0.2) is 5.78 Å². The van der Waals surface area contributed by atoms with Crippen LogP contribution in [-0.2, 0) is 20.7 Å². The highest BCUT2D eigenvalue weighted by molar-refractivity contribution is 6.31. The summed E-state index contributed by atoms with van der Waals surface area (Å²) in [5, 5.41) is 13.2. The van der Waals surface area contributed by atoms with Gasteiger partial charge in [0.2, 0.25) is 0 Å². The van der Waals surface area contributed by atoms with E-state index in [0.717, 1.165) is 13.0 Å². The van der Waals surface area contributed by atoms with E-state index >= 15 is 0 Å². The molecular weight excluding hydrogens is 527 g/mol. The summed E-state index contributed by atoms with van der Waals surface area (Å²) in [6, 6.07) is 8.09. The van der Waals surface area contributed by atoms with Crippen LogP contribution in [0, 0.1) is 5.82 Å². The van der Waals surface area contributed by atoms with Crippen molar-refractivity contribution in [2.45, 2.75) is 25.0 Å². The normalized spacial score (nSPS) is 19.8. The monoisotopic (exact) mass is 556 g/mol. The summed E-state index contributed by atoms with van der Waals surface area (Å²) in [7, 11) is 0. The van der Waals surface area contributed by atoms with Crippen LogP contribution in [0.15, 0.2) is 48.8 Å². The van der Waals surface area contributed by atoms with E-state index < -0.39 is 5.82 Å². The first kappa shape index (κ1) is 27.4. The molecule has 2 atom stereocenters. The van der Waals surface area contributed by atoms with E-state index in [0.29, 0.717) is 60.1 Å². The topological polar surface area (TPSA) is 106 Å². The molecule has 0 saturated carbocycles. The summed E-state index contributed by atoms with van der Waals surface area (Å²) in [6.45, 7) is 3.41. The molecule has 1 unspecified atom stereocenters. The van der Waals surface area contributed by atoms with Crippen molar-refractivity contribution in [3.63, 3.8) is 0 Å². The first-order chi connectivity index (χ1) is 19.0. The molecular formula is C28H30ClFN4O5. The van der Waals surface area contributed by atoms with Gasteiger partial charge in [0, 0.05) is 48.3 Å². The fourth-order valence-electron chi connectivity index (χ4n) is 4.53. The van der Waals surface area contributed by atoms with Gasteiger partial charge in [-0.25, -0.2) is 14.4 Å². The highest BCUT2D eigenvalue weighted by atomic mass is 35.5. The number of nitrogens with one attached hydrogen (secondary N) is 1. The Labute approximate surface area is 230 Å². The number of carbonyl (C=O) groups excluding carboxylic acids is 1. The van der Waals surface area contributed by atoms with Crippen LogP contribution < -0.4 is 10.1 Å². The average molecular weight is 557 g/mol. The SMILES string of the molecule is O=C(/C=C/CN1CCC1CO)Cc1cc2c(Nc3ccc(F)c(Cl)c3)ncnc2cc1OC[C@H]1COCCO1. The third-order valence-corrected chi connectivity index (χ3v) is 7.08.